The standard InChI is InChI=1S/C18H28N2O4S/c1-2-7-19-8-9-20(18-14-25(22,23)13-17(18)19)12-15-3-5-16(6-4-15)24-11-10-21/h3-6,17-18,21H,2,7-14H2,1H3/t17-,18+/m0/s1. The maximum atomic E-state index is 12.2. The van der Waals surface area contributed by atoms with Gasteiger partial charge in [-0.2, -0.15) is 0 Å². The predicted molar refractivity (Wildman–Crippen MR) is 97.5 cm³/mol. The lowest BCUT2D eigenvalue weighted by Crippen LogP contribution is -2.58. The molecule has 0 radical (unpaired) electrons. The van der Waals surface area contributed by atoms with Crippen molar-refractivity contribution < 1.29 is 18.3 Å². The molecule has 3 rings (SSSR count). The van der Waals surface area contributed by atoms with Crippen molar-refractivity contribution in [1.82, 2.24) is 9.80 Å². The number of ether oxygens (including phenoxy) is 1. The molecule has 0 saturated carbocycles. The first-order valence-corrected chi connectivity index (χ1v) is 10.9. The van der Waals surface area contributed by atoms with Crippen LogP contribution in [0.5, 0.6) is 5.75 Å². The molecule has 25 heavy (non-hydrogen) atoms. The van der Waals surface area contributed by atoms with Gasteiger partial charge >= 0.3 is 0 Å². The van der Waals surface area contributed by atoms with E-state index < -0.39 is 9.84 Å². The molecule has 2 fully saturated rings. The molecule has 7 heteroatoms. The van der Waals surface area contributed by atoms with Crippen molar-refractivity contribution in [3.63, 3.8) is 0 Å². The van der Waals surface area contributed by atoms with E-state index in [4.69, 9.17) is 9.84 Å². The Morgan fingerprint density at radius 2 is 1.76 bits per heavy atom. The van der Waals surface area contributed by atoms with E-state index in [1.54, 1.807) is 0 Å². The lowest BCUT2D eigenvalue weighted by atomic mass is 10.0. The summed E-state index contributed by atoms with van der Waals surface area (Å²) in [7, 11) is -2.95. The average molecular weight is 368 g/mol. The normalized spacial score (nSPS) is 26.5. The topological polar surface area (TPSA) is 70.1 Å². The number of piperazine rings is 1. The molecule has 2 aliphatic heterocycles. The molecule has 0 unspecified atom stereocenters. The van der Waals surface area contributed by atoms with Crippen LogP contribution >= 0.6 is 0 Å². The van der Waals surface area contributed by atoms with Crippen LogP contribution in [0.3, 0.4) is 0 Å². The SMILES string of the molecule is CCCN1CCN(Cc2ccc(OCCO)cc2)[C@@H]2CS(=O)(=O)C[C@@H]21. The van der Waals surface area contributed by atoms with E-state index in [2.05, 4.69) is 16.7 Å². The van der Waals surface area contributed by atoms with Crippen molar-refractivity contribution in [2.75, 3.05) is 44.4 Å². The summed E-state index contributed by atoms with van der Waals surface area (Å²) in [5.41, 5.74) is 1.16. The fourth-order valence-electron chi connectivity index (χ4n) is 3.95. The Morgan fingerprint density at radius 1 is 1.12 bits per heavy atom. The molecule has 2 aliphatic rings. The number of sulfone groups is 1. The molecule has 2 saturated heterocycles. The first-order valence-electron chi connectivity index (χ1n) is 9.03. The van der Waals surface area contributed by atoms with Crippen LogP contribution in [0.15, 0.2) is 24.3 Å². The van der Waals surface area contributed by atoms with E-state index in [0.717, 1.165) is 43.9 Å². The fraction of sp³-hybridized carbons (Fsp3) is 0.667. The largest absolute Gasteiger partial charge is 0.491 e. The second-order valence-electron chi connectivity index (χ2n) is 6.93. The summed E-state index contributed by atoms with van der Waals surface area (Å²) in [5.74, 6) is 1.31. The number of nitrogens with zero attached hydrogens (tertiary/aromatic N) is 2. The zero-order valence-electron chi connectivity index (χ0n) is 14.8. The Hall–Kier alpha value is -1.15. The predicted octanol–water partition coefficient (Wildman–Crippen LogP) is 0.751. The molecule has 0 spiro atoms. The van der Waals surface area contributed by atoms with Crippen LogP contribution < -0.4 is 4.74 Å². The summed E-state index contributed by atoms with van der Waals surface area (Å²) in [6.45, 7) is 6.01. The minimum atomic E-state index is -2.95. The van der Waals surface area contributed by atoms with Crippen molar-refractivity contribution in [3.05, 3.63) is 29.8 Å². The van der Waals surface area contributed by atoms with Crippen LogP contribution in [-0.2, 0) is 16.4 Å². The van der Waals surface area contributed by atoms with E-state index >= 15 is 0 Å². The third-order valence-electron chi connectivity index (χ3n) is 5.09. The molecule has 1 aromatic carbocycles. The van der Waals surface area contributed by atoms with Gasteiger partial charge in [0.1, 0.15) is 12.4 Å². The molecule has 2 atom stereocenters. The van der Waals surface area contributed by atoms with Crippen LogP contribution in [0, 0.1) is 0 Å². The van der Waals surface area contributed by atoms with Crippen LogP contribution in [-0.4, -0.2) is 79.8 Å². The second-order valence-corrected chi connectivity index (χ2v) is 9.09. The maximum absolute atomic E-state index is 12.2. The number of hydrogen-bond donors (Lipinski definition) is 1. The van der Waals surface area contributed by atoms with E-state index in [-0.39, 0.29) is 24.4 Å². The van der Waals surface area contributed by atoms with Gasteiger partial charge in [-0.25, -0.2) is 8.42 Å². The van der Waals surface area contributed by atoms with Gasteiger partial charge in [-0.3, -0.25) is 9.80 Å². The van der Waals surface area contributed by atoms with Crippen LogP contribution in [0.1, 0.15) is 18.9 Å². The van der Waals surface area contributed by atoms with Crippen LogP contribution in [0.25, 0.3) is 0 Å². The summed E-state index contributed by atoms with van der Waals surface area (Å²) in [5, 5.41) is 8.80. The Labute approximate surface area is 150 Å². The lowest BCUT2D eigenvalue weighted by Gasteiger charge is -2.44. The summed E-state index contributed by atoms with van der Waals surface area (Å²) in [6, 6.07) is 8.07. The molecule has 0 aromatic heterocycles. The molecule has 0 aliphatic carbocycles. The molecule has 0 amide bonds. The summed E-state index contributed by atoms with van der Waals surface area (Å²) >= 11 is 0. The second kappa shape index (κ2) is 8.03. The minimum Gasteiger partial charge on any atom is -0.491 e. The fourth-order valence-corrected chi connectivity index (χ4v) is 5.99. The first-order chi connectivity index (χ1) is 12.0. The van der Waals surface area contributed by atoms with E-state index in [1.807, 2.05) is 24.3 Å². The van der Waals surface area contributed by atoms with Gasteiger partial charge in [0.2, 0.25) is 0 Å². The molecular formula is C18H28N2O4S. The monoisotopic (exact) mass is 368 g/mol. The zero-order valence-corrected chi connectivity index (χ0v) is 15.6. The highest BCUT2D eigenvalue weighted by atomic mass is 32.2. The highest BCUT2D eigenvalue weighted by Gasteiger charge is 2.45. The first kappa shape index (κ1) is 18.6. The van der Waals surface area contributed by atoms with Gasteiger partial charge in [0.15, 0.2) is 9.84 Å². The Bertz CT molecular complexity index is 662. The van der Waals surface area contributed by atoms with E-state index in [0.29, 0.717) is 12.4 Å². The number of aliphatic hydroxyl groups excluding tert-OH is 1. The third-order valence-corrected chi connectivity index (χ3v) is 6.78. The average Bonchev–Trinajstić information content (AvgIpc) is 2.92. The number of hydrogen-bond acceptors (Lipinski definition) is 6. The van der Waals surface area contributed by atoms with Gasteiger partial charge in [-0.05, 0) is 30.7 Å². The number of rotatable bonds is 7. The summed E-state index contributed by atoms with van der Waals surface area (Å²) in [6.07, 6.45) is 1.05. The van der Waals surface area contributed by atoms with Gasteiger partial charge in [0.25, 0.3) is 0 Å². The molecule has 1 N–H and O–H groups in total. The lowest BCUT2D eigenvalue weighted by molar-refractivity contribution is 0.0405. The molecule has 140 valence electrons. The number of benzene rings is 1. The molecule has 0 bridgehead atoms. The van der Waals surface area contributed by atoms with Crippen molar-refractivity contribution in [1.29, 1.82) is 0 Å². The quantitative estimate of drug-likeness (QED) is 0.766. The van der Waals surface area contributed by atoms with Gasteiger partial charge in [-0.1, -0.05) is 19.1 Å². The van der Waals surface area contributed by atoms with Crippen molar-refractivity contribution in [3.8, 4) is 5.75 Å². The summed E-state index contributed by atoms with van der Waals surface area (Å²) < 4.78 is 29.8. The number of aliphatic hydroxyl groups is 1. The van der Waals surface area contributed by atoms with Crippen LogP contribution in [0.2, 0.25) is 0 Å². The van der Waals surface area contributed by atoms with Crippen molar-refractivity contribution in [2.45, 2.75) is 32.0 Å². The Morgan fingerprint density at radius 3 is 2.40 bits per heavy atom. The minimum absolute atomic E-state index is 0.00132. The van der Waals surface area contributed by atoms with Crippen molar-refractivity contribution in [2.24, 2.45) is 0 Å². The van der Waals surface area contributed by atoms with E-state index in [9.17, 15) is 8.42 Å². The van der Waals surface area contributed by atoms with Gasteiger partial charge < -0.3 is 9.84 Å². The zero-order chi connectivity index (χ0) is 17.9. The third kappa shape index (κ3) is 4.53. The Balaban J connectivity index is 1.68. The van der Waals surface area contributed by atoms with Gasteiger partial charge in [-0.15, -0.1) is 0 Å². The van der Waals surface area contributed by atoms with Crippen molar-refractivity contribution >= 4 is 9.84 Å². The Kier molecular flexibility index (Phi) is 5.99. The van der Waals surface area contributed by atoms with Gasteiger partial charge in [0.05, 0.1) is 18.1 Å². The van der Waals surface area contributed by atoms with Crippen LogP contribution in [0.4, 0.5) is 0 Å². The number of fused-ring (bicyclic) bond motifs is 1. The maximum Gasteiger partial charge on any atom is 0.153 e. The highest BCUT2D eigenvalue weighted by Crippen LogP contribution is 2.28. The van der Waals surface area contributed by atoms with Gasteiger partial charge in [0, 0.05) is 31.7 Å². The molecule has 6 nitrogen and oxygen atoms in total. The molecule has 2 heterocycles. The molecule has 1 aromatic rings. The summed E-state index contributed by atoms with van der Waals surface area (Å²) in [4.78, 5) is 4.68. The van der Waals surface area contributed by atoms with E-state index in [1.165, 1.54) is 0 Å². The molecular weight excluding hydrogens is 340 g/mol. The smallest absolute Gasteiger partial charge is 0.153 e. The highest BCUT2D eigenvalue weighted by molar-refractivity contribution is 7.91.